The van der Waals surface area contributed by atoms with Crippen LogP contribution in [0.5, 0.6) is 11.5 Å². The second-order valence-corrected chi connectivity index (χ2v) is 9.48. The molecule has 0 saturated carbocycles. The van der Waals surface area contributed by atoms with E-state index < -0.39 is 0 Å². The number of nitrogens with one attached hydrogen (secondary N) is 3. The Morgan fingerprint density at radius 1 is 1.03 bits per heavy atom. The Labute approximate surface area is 192 Å². The normalized spacial score (nSPS) is 17.8. The maximum absolute atomic E-state index is 12.3. The van der Waals surface area contributed by atoms with Crippen LogP contribution in [0.2, 0.25) is 0 Å². The van der Waals surface area contributed by atoms with Crippen LogP contribution in [0.1, 0.15) is 52.9 Å². The first-order chi connectivity index (χ1) is 15.4. The Bertz CT molecular complexity index is 767. The van der Waals surface area contributed by atoms with Gasteiger partial charge in [0.25, 0.3) is 0 Å². The third-order valence-electron chi connectivity index (χ3n) is 5.32. The zero-order valence-corrected chi connectivity index (χ0v) is 19.8. The van der Waals surface area contributed by atoms with Crippen LogP contribution in [-0.2, 0) is 4.79 Å². The largest absolute Gasteiger partial charge is 0.490 e. The maximum Gasteiger partial charge on any atom is 0.242 e. The van der Waals surface area contributed by atoms with Crippen LogP contribution in [0.15, 0.2) is 23.2 Å². The fourth-order valence-electron chi connectivity index (χ4n) is 3.82. The van der Waals surface area contributed by atoms with Gasteiger partial charge < -0.3 is 30.3 Å². The van der Waals surface area contributed by atoms with Gasteiger partial charge in [0.2, 0.25) is 5.91 Å². The third kappa shape index (κ3) is 8.57. The van der Waals surface area contributed by atoms with Crippen molar-refractivity contribution in [3.63, 3.8) is 0 Å². The molecule has 8 nitrogen and oxygen atoms in total. The quantitative estimate of drug-likeness (QED) is 0.461. The number of carbonyl (C=O) groups is 1. The smallest absolute Gasteiger partial charge is 0.242 e. The van der Waals surface area contributed by atoms with Crippen molar-refractivity contribution in [2.75, 3.05) is 51.3 Å². The highest BCUT2D eigenvalue weighted by Gasteiger charge is 2.15. The van der Waals surface area contributed by atoms with Crippen LogP contribution >= 0.6 is 0 Å². The molecule has 1 saturated heterocycles. The second-order valence-electron chi connectivity index (χ2n) is 9.48. The molecule has 0 spiro atoms. The molecule has 0 bridgehead atoms. The highest BCUT2D eigenvalue weighted by Crippen LogP contribution is 2.32. The third-order valence-corrected chi connectivity index (χ3v) is 5.32. The molecular formula is C24H39N5O3. The summed E-state index contributed by atoms with van der Waals surface area (Å²) in [6.07, 6.45) is 6.05. The standard InChI is InChI=1S/C24H39N5O3/c1-24(2,3)28-22(30)18-26-23(25-11-14-29-12-6-4-5-7-13-29)27-19-9-10-20-21(17-19)32-16-8-15-31-20/h9-10,17H,4-8,11-16,18H2,1-3H3,(H,28,30)(H2,25,26,27). The van der Waals surface area contributed by atoms with Crippen molar-refractivity contribution in [3.8, 4) is 11.5 Å². The zero-order chi connectivity index (χ0) is 22.8. The number of benzene rings is 1. The lowest BCUT2D eigenvalue weighted by Gasteiger charge is -2.21. The lowest BCUT2D eigenvalue weighted by Crippen LogP contribution is -2.43. The highest BCUT2D eigenvalue weighted by molar-refractivity contribution is 5.95. The number of hydrogen-bond acceptors (Lipinski definition) is 5. The summed E-state index contributed by atoms with van der Waals surface area (Å²) in [6, 6.07) is 5.76. The average molecular weight is 446 g/mol. The maximum atomic E-state index is 12.3. The molecule has 3 rings (SSSR count). The van der Waals surface area contributed by atoms with E-state index in [1.54, 1.807) is 0 Å². The fraction of sp³-hybridized carbons (Fsp3) is 0.667. The number of carbonyl (C=O) groups excluding carboxylic acids is 1. The van der Waals surface area contributed by atoms with Gasteiger partial charge in [-0.05, 0) is 58.8 Å². The van der Waals surface area contributed by atoms with E-state index in [1.165, 1.54) is 25.7 Å². The minimum atomic E-state index is -0.283. The number of ether oxygens (including phenoxy) is 2. The lowest BCUT2D eigenvalue weighted by atomic mass is 10.1. The molecule has 8 heteroatoms. The molecule has 1 aromatic rings. The molecule has 2 heterocycles. The Morgan fingerprint density at radius 3 is 2.47 bits per heavy atom. The van der Waals surface area contributed by atoms with Gasteiger partial charge in [-0.1, -0.05) is 12.8 Å². The summed E-state index contributed by atoms with van der Waals surface area (Å²) in [5, 5.41) is 9.67. The Hall–Kier alpha value is -2.48. The van der Waals surface area contributed by atoms with E-state index in [1.807, 2.05) is 39.0 Å². The van der Waals surface area contributed by atoms with Gasteiger partial charge in [0.05, 0.1) is 13.2 Å². The number of fused-ring (bicyclic) bond motifs is 1. The van der Waals surface area contributed by atoms with Crippen molar-refractivity contribution in [2.24, 2.45) is 4.99 Å². The molecule has 1 fully saturated rings. The summed E-state index contributed by atoms with van der Waals surface area (Å²) in [5.74, 6) is 1.95. The molecule has 0 unspecified atom stereocenters. The first kappa shape index (κ1) is 24.2. The van der Waals surface area contributed by atoms with Crippen molar-refractivity contribution in [1.82, 2.24) is 15.5 Å². The SMILES string of the molecule is CC(C)(C)NC(=O)CN=C(NCCN1CCCCCC1)Nc1ccc2c(c1)OCCCO2. The molecular weight excluding hydrogens is 406 g/mol. The van der Waals surface area contributed by atoms with E-state index in [9.17, 15) is 4.79 Å². The molecule has 0 radical (unpaired) electrons. The van der Waals surface area contributed by atoms with E-state index in [2.05, 4.69) is 25.8 Å². The second kappa shape index (κ2) is 11.9. The van der Waals surface area contributed by atoms with Gasteiger partial charge in [-0.15, -0.1) is 0 Å². The summed E-state index contributed by atoms with van der Waals surface area (Å²) >= 11 is 0. The van der Waals surface area contributed by atoms with Gasteiger partial charge in [-0.3, -0.25) is 4.79 Å². The number of guanidine groups is 1. The summed E-state index contributed by atoms with van der Waals surface area (Å²) in [4.78, 5) is 19.3. The summed E-state index contributed by atoms with van der Waals surface area (Å²) < 4.78 is 11.5. The number of likely N-dealkylation sites (tertiary alicyclic amines) is 1. The van der Waals surface area contributed by atoms with Gasteiger partial charge in [-0.25, -0.2) is 4.99 Å². The number of amides is 1. The molecule has 0 aromatic heterocycles. The summed E-state index contributed by atoms with van der Waals surface area (Å²) in [5.41, 5.74) is 0.556. The lowest BCUT2D eigenvalue weighted by molar-refractivity contribution is -0.121. The molecule has 0 atom stereocenters. The summed E-state index contributed by atoms with van der Waals surface area (Å²) in [7, 11) is 0. The van der Waals surface area contributed by atoms with Crippen molar-refractivity contribution in [1.29, 1.82) is 0 Å². The van der Waals surface area contributed by atoms with Gasteiger partial charge in [-0.2, -0.15) is 0 Å². The van der Waals surface area contributed by atoms with Gasteiger partial charge >= 0.3 is 0 Å². The number of rotatable bonds is 6. The molecule has 178 valence electrons. The Morgan fingerprint density at radius 2 is 1.75 bits per heavy atom. The van der Waals surface area contributed by atoms with Crippen LogP contribution in [0.3, 0.4) is 0 Å². The predicted molar refractivity (Wildman–Crippen MR) is 129 cm³/mol. The number of aliphatic imine (C=N–C) groups is 1. The van der Waals surface area contributed by atoms with E-state index >= 15 is 0 Å². The average Bonchev–Trinajstić information content (AvgIpc) is 3.13. The molecule has 0 aliphatic carbocycles. The van der Waals surface area contributed by atoms with Crippen LogP contribution in [0.4, 0.5) is 5.69 Å². The van der Waals surface area contributed by atoms with Crippen LogP contribution in [0, 0.1) is 0 Å². The van der Waals surface area contributed by atoms with E-state index in [-0.39, 0.29) is 18.0 Å². The number of hydrogen-bond donors (Lipinski definition) is 3. The molecule has 3 N–H and O–H groups in total. The monoisotopic (exact) mass is 445 g/mol. The fourth-order valence-corrected chi connectivity index (χ4v) is 3.82. The molecule has 1 aromatic carbocycles. The van der Waals surface area contributed by atoms with Crippen molar-refractivity contribution in [2.45, 2.75) is 58.4 Å². The first-order valence-corrected chi connectivity index (χ1v) is 11.9. The van der Waals surface area contributed by atoms with E-state index in [0.717, 1.165) is 49.8 Å². The van der Waals surface area contributed by atoms with Crippen molar-refractivity contribution < 1.29 is 14.3 Å². The van der Waals surface area contributed by atoms with E-state index in [0.29, 0.717) is 19.2 Å². The molecule has 32 heavy (non-hydrogen) atoms. The van der Waals surface area contributed by atoms with Gasteiger partial charge in [0.1, 0.15) is 6.54 Å². The predicted octanol–water partition coefficient (Wildman–Crippen LogP) is 3.00. The van der Waals surface area contributed by atoms with Crippen LogP contribution in [-0.4, -0.2) is 68.2 Å². The van der Waals surface area contributed by atoms with Crippen LogP contribution in [0.25, 0.3) is 0 Å². The van der Waals surface area contributed by atoms with Crippen molar-refractivity contribution >= 4 is 17.6 Å². The molecule has 1 amide bonds. The van der Waals surface area contributed by atoms with Gasteiger partial charge in [0.15, 0.2) is 17.5 Å². The molecule has 2 aliphatic heterocycles. The molecule has 2 aliphatic rings. The number of nitrogens with zero attached hydrogens (tertiary/aromatic N) is 2. The minimum absolute atomic E-state index is 0.0564. The number of anilines is 1. The highest BCUT2D eigenvalue weighted by atomic mass is 16.5. The van der Waals surface area contributed by atoms with Crippen LogP contribution < -0.4 is 25.4 Å². The summed E-state index contributed by atoms with van der Waals surface area (Å²) in [6.45, 7) is 11.3. The first-order valence-electron chi connectivity index (χ1n) is 11.9. The van der Waals surface area contributed by atoms with E-state index in [4.69, 9.17) is 9.47 Å². The van der Waals surface area contributed by atoms with Gasteiger partial charge in [0, 0.05) is 36.8 Å². The zero-order valence-electron chi connectivity index (χ0n) is 19.8. The van der Waals surface area contributed by atoms with Crippen molar-refractivity contribution in [3.05, 3.63) is 18.2 Å². The Balaban J connectivity index is 1.63. The Kier molecular flexibility index (Phi) is 9.02. The minimum Gasteiger partial charge on any atom is -0.490 e. The topological polar surface area (TPSA) is 87.2 Å².